The van der Waals surface area contributed by atoms with Gasteiger partial charge in [0.25, 0.3) is 0 Å². The quantitative estimate of drug-likeness (QED) is 0.776. The van der Waals surface area contributed by atoms with Gasteiger partial charge in [0.1, 0.15) is 5.75 Å². The van der Waals surface area contributed by atoms with Crippen molar-refractivity contribution in [3.8, 4) is 5.75 Å². The fourth-order valence-corrected chi connectivity index (χ4v) is 2.54. The second-order valence-electron chi connectivity index (χ2n) is 5.61. The van der Waals surface area contributed by atoms with Crippen LogP contribution >= 0.6 is 0 Å². The molecule has 0 spiro atoms. The number of rotatable bonds is 6. The van der Waals surface area contributed by atoms with Gasteiger partial charge < -0.3 is 10.1 Å². The van der Waals surface area contributed by atoms with E-state index < -0.39 is 0 Å². The molecule has 0 fully saturated rings. The fraction of sp³-hybridized carbons (Fsp3) is 0.625. The maximum absolute atomic E-state index is 5.68. The Labute approximate surface area is 111 Å². The van der Waals surface area contributed by atoms with E-state index in [1.165, 1.54) is 18.4 Å². The van der Waals surface area contributed by atoms with Crippen LogP contribution in [-0.4, -0.2) is 19.7 Å². The van der Waals surface area contributed by atoms with Crippen LogP contribution in [0.1, 0.15) is 44.6 Å². The van der Waals surface area contributed by atoms with Crippen LogP contribution < -0.4 is 10.1 Å². The maximum atomic E-state index is 5.68. The zero-order valence-electron chi connectivity index (χ0n) is 11.6. The van der Waals surface area contributed by atoms with E-state index >= 15 is 0 Å². The Bertz CT molecular complexity index is 362. The molecule has 2 nitrogen and oxygen atoms in total. The topological polar surface area (TPSA) is 21.3 Å². The van der Waals surface area contributed by atoms with Crippen molar-refractivity contribution in [2.75, 3.05) is 19.7 Å². The third-order valence-corrected chi connectivity index (χ3v) is 3.61. The van der Waals surface area contributed by atoms with Crippen molar-refractivity contribution in [3.05, 3.63) is 29.8 Å². The minimum absolute atomic E-state index is 0.619. The number of hydrogen-bond acceptors (Lipinski definition) is 2. The number of fused-ring (bicyclic) bond motifs is 1. The normalized spacial score (nSPS) is 18.5. The van der Waals surface area contributed by atoms with Crippen molar-refractivity contribution >= 4 is 0 Å². The lowest BCUT2D eigenvalue weighted by atomic mass is 9.93. The van der Waals surface area contributed by atoms with Gasteiger partial charge >= 0.3 is 0 Å². The third-order valence-electron chi connectivity index (χ3n) is 3.61. The van der Waals surface area contributed by atoms with Crippen LogP contribution in [0.5, 0.6) is 5.75 Å². The van der Waals surface area contributed by atoms with Crippen LogP contribution in [-0.2, 0) is 0 Å². The maximum Gasteiger partial charge on any atom is 0.122 e. The highest BCUT2D eigenvalue weighted by Crippen LogP contribution is 2.32. The summed E-state index contributed by atoms with van der Waals surface area (Å²) in [6.07, 6.45) is 3.73. The van der Waals surface area contributed by atoms with Gasteiger partial charge in [0.15, 0.2) is 0 Å². The molecule has 1 heterocycles. The van der Waals surface area contributed by atoms with Crippen molar-refractivity contribution in [2.24, 2.45) is 5.92 Å². The van der Waals surface area contributed by atoms with Gasteiger partial charge in [-0.3, -0.25) is 0 Å². The summed E-state index contributed by atoms with van der Waals surface area (Å²) in [4.78, 5) is 0. The van der Waals surface area contributed by atoms with Crippen LogP contribution in [0.2, 0.25) is 0 Å². The molecule has 0 saturated carbocycles. The Morgan fingerprint density at radius 3 is 3.00 bits per heavy atom. The average Bonchev–Trinajstić information content (AvgIpc) is 2.38. The lowest BCUT2D eigenvalue weighted by Crippen LogP contribution is -2.26. The summed E-state index contributed by atoms with van der Waals surface area (Å²) in [6, 6.07) is 8.45. The standard InChI is InChI=1S/C16H25NO/c1-13(2)6-5-10-17-12-14-9-11-18-16-8-4-3-7-15(14)16/h3-4,7-8,13-14,17H,5-6,9-12H2,1-2H3. The Balaban J connectivity index is 1.77. The van der Waals surface area contributed by atoms with E-state index in [0.717, 1.165) is 37.8 Å². The number of nitrogens with one attached hydrogen (secondary N) is 1. The summed E-state index contributed by atoms with van der Waals surface area (Å²) >= 11 is 0. The molecule has 1 N–H and O–H groups in total. The zero-order valence-corrected chi connectivity index (χ0v) is 11.6. The SMILES string of the molecule is CC(C)CCCNCC1CCOc2ccccc21. The molecule has 18 heavy (non-hydrogen) atoms. The number of benzene rings is 1. The Morgan fingerprint density at radius 1 is 1.33 bits per heavy atom. The molecule has 1 aliphatic heterocycles. The largest absolute Gasteiger partial charge is 0.493 e. The molecule has 1 aromatic carbocycles. The molecule has 0 radical (unpaired) electrons. The molecule has 2 rings (SSSR count). The van der Waals surface area contributed by atoms with Gasteiger partial charge in [0.2, 0.25) is 0 Å². The molecule has 1 aliphatic rings. The molecule has 2 heteroatoms. The molecule has 0 saturated heterocycles. The number of hydrogen-bond donors (Lipinski definition) is 1. The molecule has 100 valence electrons. The van der Waals surface area contributed by atoms with Gasteiger partial charge in [0, 0.05) is 12.5 Å². The molecule has 0 aliphatic carbocycles. The van der Waals surface area contributed by atoms with Crippen LogP contribution in [0.15, 0.2) is 24.3 Å². The minimum Gasteiger partial charge on any atom is -0.493 e. The molecular formula is C16H25NO. The van der Waals surface area contributed by atoms with E-state index in [1.807, 2.05) is 0 Å². The number of ether oxygens (including phenoxy) is 1. The van der Waals surface area contributed by atoms with Crippen molar-refractivity contribution in [1.82, 2.24) is 5.32 Å². The van der Waals surface area contributed by atoms with Crippen LogP contribution in [0, 0.1) is 5.92 Å². The second kappa shape index (κ2) is 6.79. The third kappa shape index (κ3) is 3.74. The van der Waals surface area contributed by atoms with Crippen molar-refractivity contribution in [2.45, 2.75) is 39.0 Å². The van der Waals surface area contributed by atoms with Gasteiger partial charge in [0.05, 0.1) is 6.61 Å². The van der Waals surface area contributed by atoms with Crippen molar-refractivity contribution in [1.29, 1.82) is 0 Å². The average molecular weight is 247 g/mol. The smallest absolute Gasteiger partial charge is 0.122 e. The van der Waals surface area contributed by atoms with E-state index in [-0.39, 0.29) is 0 Å². The molecule has 0 bridgehead atoms. The zero-order chi connectivity index (χ0) is 12.8. The number of para-hydroxylation sites is 1. The van der Waals surface area contributed by atoms with E-state index in [9.17, 15) is 0 Å². The first-order valence-corrected chi connectivity index (χ1v) is 7.20. The summed E-state index contributed by atoms with van der Waals surface area (Å²) in [6.45, 7) is 7.65. The molecule has 1 aromatic rings. The predicted molar refractivity (Wildman–Crippen MR) is 76.2 cm³/mol. The van der Waals surface area contributed by atoms with Crippen LogP contribution in [0.25, 0.3) is 0 Å². The monoisotopic (exact) mass is 247 g/mol. The lowest BCUT2D eigenvalue weighted by Gasteiger charge is -2.26. The van der Waals surface area contributed by atoms with Gasteiger partial charge in [-0.25, -0.2) is 0 Å². The Morgan fingerprint density at radius 2 is 2.17 bits per heavy atom. The highest BCUT2D eigenvalue weighted by Gasteiger charge is 2.20. The van der Waals surface area contributed by atoms with E-state index in [0.29, 0.717) is 5.92 Å². The Hall–Kier alpha value is -1.02. The molecule has 1 unspecified atom stereocenters. The Kier molecular flexibility index (Phi) is 5.06. The van der Waals surface area contributed by atoms with Crippen molar-refractivity contribution in [3.63, 3.8) is 0 Å². The van der Waals surface area contributed by atoms with Crippen LogP contribution in [0.4, 0.5) is 0 Å². The van der Waals surface area contributed by atoms with Crippen LogP contribution in [0.3, 0.4) is 0 Å². The van der Waals surface area contributed by atoms with E-state index in [4.69, 9.17) is 4.74 Å². The lowest BCUT2D eigenvalue weighted by molar-refractivity contribution is 0.264. The molecule has 1 atom stereocenters. The van der Waals surface area contributed by atoms with Gasteiger partial charge in [-0.05, 0) is 43.4 Å². The summed E-state index contributed by atoms with van der Waals surface area (Å²) in [7, 11) is 0. The predicted octanol–water partition coefficient (Wildman–Crippen LogP) is 3.58. The first kappa shape index (κ1) is 13.4. The second-order valence-corrected chi connectivity index (χ2v) is 5.61. The summed E-state index contributed by atoms with van der Waals surface area (Å²) in [5, 5.41) is 3.60. The highest BCUT2D eigenvalue weighted by atomic mass is 16.5. The first-order valence-electron chi connectivity index (χ1n) is 7.20. The van der Waals surface area contributed by atoms with E-state index in [1.54, 1.807) is 0 Å². The summed E-state index contributed by atoms with van der Waals surface area (Å²) in [5.41, 5.74) is 1.38. The summed E-state index contributed by atoms with van der Waals surface area (Å²) in [5.74, 6) is 2.52. The van der Waals surface area contributed by atoms with Crippen molar-refractivity contribution < 1.29 is 4.74 Å². The molecular weight excluding hydrogens is 222 g/mol. The molecule has 0 aromatic heterocycles. The first-order chi connectivity index (χ1) is 8.77. The van der Waals surface area contributed by atoms with Gasteiger partial charge in [-0.1, -0.05) is 32.0 Å². The summed E-state index contributed by atoms with van der Waals surface area (Å²) < 4.78 is 5.68. The molecule has 0 amide bonds. The van der Waals surface area contributed by atoms with E-state index in [2.05, 4.69) is 43.4 Å². The van der Waals surface area contributed by atoms with Gasteiger partial charge in [-0.2, -0.15) is 0 Å². The minimum atomic E-state index is 0.619. The highest BCUT2D eigenvalue weighted by molar-refractivity contribution is 5.37. The van der Waals surface area contributed by atoms with Gasteiger partial charge in [-0.15, -0.1) is 0 Å². The fourth-order valence-electron chi connectivity index (χ4n) is 2.54.